The van der Waals surface area contributed by atoms with Crippen LogP contribution in [0.4, 0.5) is 10.1 Å². The van der Waals surface area contributed by atoms with E-state index in [0.717, 1.165) is 17.7 Å². The van der Waals surface area contributed by atoms with Crippen LogP contribution in [-0.2, 0) is 20.0 Å². The minimum absolute atomic E-state index is 0.289. The first-order valence-corrected chi connectivity index (χ1v) is 6.22. The largest absolute Gasteiger partial charge is 0.497 e. The highest BCUT2D eigenvalue weighted by Crippen LogP contribution is 2.22. The summed E-state index contributed by atoms with van der Waals surface area (Å²) in [5, 5.41) is 7.44. The number of hydrogen-bond acceptors (Lipinski definition) is 3. The van der Waals surface area contributed by atoms with Gasteiger partial charge in [-0.15, -0.1) is 0 Å². The monoisotopic (exact) mass is 263 g/mol. The Morgan fingerprint density at radius 2 is 2.21 bits per heavy atom. The third-order valence-corrected chi connectivity index (χ3v) is 2.97. The summed E-state index contributed by atoms with van der Waals surface area (Å²) in [6.45, 7) is 2.60. The molecule has 2 aromatic rings. The number of nitrogens with one attached hydrogen (secondary N) is 1. The zero-order chi connectivity index (χ0) is 13.8. The lowest BCUT2D eigenvalue weighted by atomic mass is 10.2. The number of benzene rings is 1. The Bertz CT molecular complexity index is 566. The van der Waals surface area contributed by atoms with Gasteiger partial charge >= 0.3 is 0 Å². The van der Waals surface area contributed by atoms with Crippen LogP contribution in [0, 0.1) is 5.82 Å². The molecule has 102 valence electrons. The van der Waals surface area contributed by atoms with Crippen molar-refractivity contribution >= 4 is 5.69 Å². The van der Waals surface area contributed by atoms with Crippen LogP contribution in [0.15, 0.2) is 24.4 Å². The van der Waals surface area contributed by atoms with E-state index in [0.29, 0.717) is 18.0 Å². The first-order valence-electron chi connectivity index (χ1n) is 6.22. The van der Waals surface area contributed by atoms with Crippen LogP contribution in [-0.4, -0.2) is 16.9 Å². The van der Waals surface area contributed by atoms with Gasteiger partial charge in [-0.05, 0) is 18.6 Å². The summed E-state index contributed by atoms with van der Waals surface area (Å²) in [6, 6.07) is 4.64. The minimum Gasteiger partial charge on any atom is -0.497 e. The van der Waals surface area contributed by atoms with Gasteiger partial charge in [-0.1, -0.05) is 6.92 Å². The fourth-order valence-electron chi connectivity index (χ4n) is 1.99. The lowest BCUT2D eigenvalue weighted by molar-refractivity contribution is 0.414. The molecule has 0 atom stereocenters. The van der Waals surface area contributed by atoms with Crippen LogP contribution < -0.4 is 10.1 Å². The fraction of sp³-hybridized carbons (Fsp3) is 0.357. The second-order valence-electron chi connectivity index (χ2n) is 4.33. The van der Waals surface area contributed by atoms with Crippen molar-refractivity contribution in [1.82, 2.24) is 9.78 Å². The molecule has 0 radical (unpaired) electrons. The number of aromatic nitrogens is 2. The molecule has 2 rings (SSSR count). The van der Waals surface area contributed by atoms with Gasteiger partial charge in [0.15, 0.2) is 0 Å². The number of nitrogens with zero attached hydrogens (tertiary/aromatic N) is 2. The molecule has 5 heteroatoms. The second-order valence-corrected chi connectivity index (χ2v) is 4.33. The topological polar surface area (TPSA) is 39.1 Å². The highest BCUT2D eigenvalue weighted by molar-refractivity contribution is 5.50. The van der Waals surface area contributed by atoms with Crippen LogP contribution in [0.25, 0.3) is 0 Å². The number of anilines is 1. The van der Waals surface area contributed by atoms with Gasteiger partial charge in [-0.25, -0.2) is 4.39 Å². The molecular formula is C14H18FN3O. The van der Waals surface area contributed by atoms with E-state index in [1.165, 1.54) is 6.07 Å². The Morgan fingerprint density at radius 3 is 2.89 bits per heavy atom. The molecule has 0 saturated heterocycles. The fourth-order valence-corrected chi connectivity index (χ4v) is 1.99. The van der Waals surface area contributed by atoms with Gasteiger partial charge in [0.1, 0.15) is 11.6 Å². The van der Waals surface area contributed by atoms with E-state index in [4.69, 9.17) is 4.74 Å². The zero-order valence-corrected chi connectivity index (χ0v) is 11.4. The molecule has 0 saturated carbocycles. The number of aryl methyl sites for hydroxylation is 2. The van der Waals surface area contributed by atoms with Gasteiger partial charge in [-0.2, -0.15) is 5.10 Å². The van der Waals surface area contributed by atoms with E-state index in [1.54, 1.807) is 23.9 Å². The molecule has 1 heterocycles. The maximum atomic E-state index is 13.7. The van der Waals surface area contributed by atoms with Crippen LogP contribution in [0.5, 0.6) is 5.75 Å². The van der Waals surface area contributed by atoms with Crippen molar-refractivity contribution < 1.29 is 9.13 Å². The maximum Gasteiger partial charge on any atom is 0.146 e. The van der Waals surface area contributed by atoms with Crippen molar-refractivity contribution in [2.24, 2.45) is 7.05 Å². The molecule has 0 amide bonds. The summed E-state index contributed by atoms with van der Waals surface area (Å²) in [4.78, 5) is 0. The molecule has 0 aliphatic carbocycles. The molecule has 0 fully saturated rings. The molecule has 0 spiro atoms. The normalized spacial score (nSPS) is 10.5. The van der Waals surface area contributed by atoms with E-state index in [1.807, 2.05) is 13.2 Å². The lowest BCUT2D eigenvalue weighted by Gasteiger charge is -2.09. The average Bonchev–Trinajstić information content (AvgIpc) is 2.78. The van der Waals surface area contributed by atoms with Gasteiger partial charge in [-0.3, -0.25) is 4.68 Å². The highest BCUT2D eigenvalue weighted by Gasteiger charge is 2.08. The average molecular weight is 263 g/mol. The summed E-state index contributed by atoms with van der Waals surface area (Å²) in [6.07, 6.45) is 2.81. The Balaban J connectivity index is 2.13. The van der Waals surface area contributed by atoms with Crippen molar-refractivity contribution in [2.45, 2.75) is 19.9 Å². The van der Waals surface area contributed by atoms with Gasteiger partial charge in [0.2, 0.25) is 0 Å². The molecule has 0 unspecified atom stereocenters. The van der Waals surface area contributed by atoms with E-state index in [-0.39, 0.29) is 5.82 Å². The van der Waals surface area contributed by atoms with Crippen molar-refractivity contribution in [3.8, 4) is 5.75 Å². The predicted octanol–water partition coefficient (Wildman–Crippen LogP) is 2.74. The molecule has 1 aromatic heterocycles. The van der Waals surface area contributed by atoms with Gasteiger partial charge in [0.05, 0.1) is 18.5 Å². The van der Waals surface area contributed by atoms with Gasteiger partial charge < -0.3 is 10.1 Å². The molecule has 19 heavy (non-hydrogen) atoms. The highest BCUT2D eigenvalue weighted by atomic mass is 19.1. The summed E-state index contributed by atoms with van der Waals surface area (Å²) in [5.41, 5.74) is 2.54. The molecule has 0 aliphatic heterocycles. The Labute approximate surface area is 112 Å². The Morgan fingerprint density at radius 1 is 1.42 bits per heavy atom. The quantitative estimate of drug-likeness (QED) is 0.901. The van der Waals surface area contributed by atoms with E-state index >= 15 is 0 Å². The summed E-state index contributed by atoms with van der Waals surface area (Å²) in [5.74, 6) is 0.341. The summed E-state index contributed by atoms with van der Waals surface area (Å²) < 4.78 is 20.5. The SMILES string of the molecule is CCc1nn(C)cc1CNc1cc(OC)ccc1F. The second kappa shape index (κ2) is 5.73. The summed E-state index contributed by atoms with van der Waals surface area (Å²) >= 11 is 0. The van der Waals surface area contributed by atoms with Crippen LogP contribution in [0.3, 0.4) is 0 Å². The molecule has 1 aromatic carbocycles. The van der Waals surface area contributed by atoms with Crippen molar-refractivity contribution in [3.63, 3.8) is 0 Å². The van der Waals surface area contributed by atoms with E-state index < -0.39 is 0 Å². The summed E-state index contributed by atoms with van der Waals surface area (Å²) in [7, 11) is 3.45. The predicted molar refractivity (Wildman–Crippen MR) is 72.9 cm³/mol. The number of hydrogen-bond donors (Lipinski definition) is 1. The first kappa shape index (κ1) is 13.4. The van der Waals surface area contributed by atoms with Crippen LogP contribution >= 0.6 is 0 Å². The van der Waals surface area contributed by atoms with E-state index in [9.17, 15) is 4.39 Å². The molecule has 1 N–H and O–H groups in total. The Kier molecular flexibility index (Phi) is 4.04. The number of methoxy groups -OCH3 is 1. The third-order valence-electron chi connectivity index (χ3n) is 2.97. The molecule has 0 bridgehead atoms. The zero-order valence-electron chi connectivity index (χ0n) is 11.4. The molecular weight excluding hydrogens is 245 g/mol. The van der Waals surface area contributed by atoms with Crippen molar-refractivity contribution in [2.75, 3.05) is 12.4 Å². The number of ether oxygens (including phenoxy) is 1. The van der Waals surface area contributed by atoms with E-state index in [2.05, 4.69) is 17.3 Å². The first-order chi connectivity index (χ1) is 9.13. The van der Waals surface area contributed by atoms with Gasteiger partial charge in [0, 0.05) is 31.4 Å². The molecule has 0 aliphatic rings. The van der Waals surface area contributed by atoms with Gasteiger partial charge in [0.25, 0.3) is 0 Å². The maximum absolute atomic E-state index is 13.7. The van der Waals surface area contributed by atoms with Crippen LogP contribution in [0.2, 0.25) is 0 Å². The Hall–Kier alpha value is -2.04. The standard InChI is InChI=1S/C14H18FN3O/c1-4-13-10(9-18(2)17-13)8-16-14-7-11(19-3)5-6-12(14)15/h5-7,9,16H,4,8H2,1-3H3. The lowest BCUT2D eigenvalue weighted by Crippen LogP contribution is -2.03. The van der Waals surface area contributed by atoms with Crippen molar-refractivity contribution in [3.05, 3.63) is 41.5 Å². The van der Waals surface area contributed by atoms with Crippen molar-refractivity contribution in [1.29, 1.82) is 0 Å². The number of rotatable bonds is 5. The molecule has 4 nitrogen and oxygen atoms in total. The number of halogens is 1. The minimum atomic E-state index is -0.289. The van der Waals surface area contributed by atoms with Crippen LogP contribution in [0.1, 0.15) is 18.2 Å². The smallest absolute Gasteiger partial charge is 0.146 e. The third kappa shape index (κ3) is 3.05.